The lowest BCUT2D eigenvalue weighted by Crippen LogP contribution is -2.12. The van der Waals surface area contributed by atoms with Gasteiger partial charge in [-0.05, 0) is 24.2 Å². The van der Waals surface area contributed by atoms with E-state index in [0.717, 1.165) is 12.8 Å². The predicted octanol–water partition coefficient (Wildman–Crippen LogP) is 5.06. The average Bonchev–Trinajstić information content (AvgIpc) is 2.65. The van der Waals surface area contributed by atoms with E-state index >= 15 is 0 Å². The molecule has 4 heteroatoms. The topological polar surface area (TPSA) is 0 Å². The van der Waals surface area contributed by atoms with Gasteiger partial charge in [0.15, 0.2) is 0 Å². The summed E-state index contributed by atoms with van der Waals surface area (Å²) in [5.41, 5.74) is 0.110. The van der Waals surface area contributed by atoms with Crippen molar-refractivity contribution in [1.82, 2.24) is 0 Å². The quantitative estimate of drug-likeness (QED) is 0.586. The molecule has 0 spiro atoms. The molecule has 0 N–H and O–H groups in total. The van der Waals surface area contributed by atoms with Gasteiger partial charge < -0.3 is 0 Å². The fraction of sp³-hybridized carbons (Fsp3) is 0.800. The summed E-state index contributed by atoms with van der Waals surface area (Å²) in [6.07, 6.45) is 4.72. The molecule has 14 heavy (non-hydrogen) atoms. The highest BCUT2D eigenvalue weighted by molar-refractivity contribution is 6.61. The van der Waals surface area contributed by atoms with Crippen molar-refractivity contribution in [3.63, 3.8) is 0 Å². The van der Waals surface area contributed by atoms with Gasteiger partial charge in [0.1, 0.15) is 4.49 Å². The van der Waals surface area contributed by atoms with Gasteiger partial charge in [-0.15, -0.1) is 11.6 Å². The van der Waals surface area contributed by atoms with Crippen molar-refractivity contribution in [1.29, 1.82) is 0 Å². The van der Waals surface area contributed by atoms with Crippen LogP contribution in [0.2, 0.25) is 0 Å². The third-order valence-electron chi connectivity index (χ3n) is 3.92. The smallest absolute Gasteiger partial charge is 0.112 e. The molecule has 0 aromatic carbocycles. The van der Waals surface area contributed by atoms with Crippen LogP contribution in [0.1, 0.15) is 32.6 Å². The van der Waals surface area contributed by atoms with Crippen molar-refractivity contribution in [2.75, 3.05) is 0 Å². The summed E-state index contributed by atoms with van der Waals surface area (Å²) in [4.78, 5) is -0.482. The van der Waals surface area contributed by atoms with Gasteiger partial charge in [0, 0.05) is 0 Å². The fourth-order valence-electron chi connectivity index (χ4n) is 2.98. The van der Waals surface area contributed by atoms with E-state index in [2.05, 4.69) is 6.92 Å². The zero-order valence-corrected chi connectivity index (χ0v) is 10.9. The van der Waals surface area contributed by atoms with E-state index in [-0.39, 0.29) is 9.91 Å². The zero-order valence-electron chi connectivity index (χ0n) is 7.92. The molecule has 0 nitrogen and oxygen atoms in total. The Balaban J connectivity index is 2.32. The first-order chi connectivity index (χ1) is 6.44. The van der Waals surface area contributed by atoms with E-state index in [1.165, 1.54) is 12.8 Å². The van der Waals surface area contributed by atoms with Crippen LogP contribution < -0.4 is 0 Å². The number of hydrogen-bond acceptors (Lipinski definition) is 0. The van der Waals surface area contributed by atoms with Gasteiger partial charge in [0.25, 0.3) is 0 Å². The highest BCUT2D eigenvalue weighted by Crippen LogP contribution is 2.76. The number of allylic oxidation sites excluding steroid dienone is 1. The number of alkyl halides is 1. The minimum absolute atomic E-state index is 0.110. The van der Waals surface area contributed by atoms with Gasteiger partial charge >= 0.3 is 0 Å². The third kappa shape index (κ3) is 1.27. The highest BCUT2D eigenvalue weighted by Gasteiger charge is 2.74. The lowest BCUT2D eigenvalue weighted by molar-refractivity contribution is 0.364. The van der Waals surface area contributed by atoms with Crippen LogP contribution in [0.4, 0.5) is 0 Å². The van der Waals surface area contributed by atoms with E-state index in [0.29, 0.717) is 11.0 Å². The Labute approximate surface area is 105 Å². The van der Waals surface area contributed by atoms with Crippen molar-refractivity contribution in [2.45, 2.75) is 37.5 Å². The highest BCUT2D eigenvalue weighted by atomic mass is 35.5. The van der Waals surface area contributed by atoms with E-state index in [1.54, 1.807) is 0 Å². The van der Waals surface area contributed by atoms with Crippen molar-refractivity contribution in [2.24, 2.45) is 11.3 Å². The van der Waals surface area contributed by atoms with Gasteiger partial charge in [0.2, 0.25) is 0 Å². The van der Waals surface area contributed by atoms with E-state index in [1.807, 2.05) is 0 Å². The monoisotopic (exact) mass is 272 g/mol. The number of halogens is 4. The molecule has 2 rings (SSSR count). The van der Waals surface area contributed by atoms with E-state index < -0.39 is 4.87 Å². The summed E-state index contributed by atoms with van der Waals surface area (Å²) in [6.45, 7) is 2.18. The van der Waals surface area contributed by atoms with Gasteiger partial charge in [0.05, 0.1) is 9.91 Å². The molecule has 2 fully saturated rings. The first kappa shape index (κ1) is 11.4. The SMILES string of the molecule is CC12CCCCC1C2(Cl)C(Cl)=C(Cl)Cl. The first-order valence-electron chi connectivity index (χ1n) is 4.85. The van der Waals surface area contributed by atoms with Crippen LogP contribution in [0.25, 0.3) is 0 Å². The number of hydrogen-bond donors (Lipinski definition) is 0. The molecule has 3 unspecified atom stereocenters. The molecule has 0 amide bonds. The van der Waals surface area contributed by atoms with Gasteiger partial charge in [-0.2, -0.15) is 0 Å². The van der Waals surface area contributed by atoms with Crippen LogP contribution in [0.5, 0.6) is 0 Å². The third-order valence-corrected chi connectivity index (χ3v) is 5.96. The largest absolute Gasteiger partial charge is 0.123 e. The average molecular weight is 274 g/mol. The molecule has 0 aliphatic heterocycles. The summed E-state index contributed by atoms with van der Waals surface area (Å²) in [6, 6.07) is 0. The van der Waals surface area contributed by atoms with E-state index in [4.69, 9.17) is 46.4 Å². The molecule has 0 radical (unpaired) electrons. The first-order valence-corrected chi connectivity index (χ1v) is 6.36. The van der Waals surface area contributed by atoms with E-state index in [9.17, 15) is 0 Å². The molecule has 0 heterocycles. The van der Waals surface area contributed by atoms with Crippen LogP contribution in [-0.4, -0.2) is 4.87 Å². The van der Waals surface area contributed by atoms with Crippen LogP contribution in [0.3, 0.4) is 0 Å². The number of rotatable bonds is 1. The molecule has 2 saturated carbocycles. The number of fused-ring (bicyclic) bond motifs is 1. The van der Waals surface area contributed by atoms with Crippen LogP contribution in [0.15, 0.2) is 9.52 Å². The molecule has 3 atom stereocenters. The zero-order chi connectivity index (χ0) is 10.6. The Hall–Kier alpha value is 0.900. The molecule has 2 aliphatic rings. The maximum absolute atomic E-state index is 6.54. The molecule has 0 saturated heterocycles. The molecular formula is C10H12Cl4. The summed E-state index contributed by atoms with van der Waals surface area (Å²) >= 11 is 24.1. The predicted molar refractivity (Wildman–Crippen MR) is 63.2 cm³/mol. The lowest BCUT2D eigenvalue weighted by Gasteiger charge is -2.17. The van der Waals surface area contributed by atoms with Gasteiger partial charge in [-0.3, -0.25) is 0 Å². The summed E-state index contributed by atoms with van der Waals surface area (Å²) in [5, 5.41) is 0.442. The molecular weight excluding hydrogens is 262 g/mol. The fourth-order valence-corrected chi connectivity index (χ4v) is 4.34. The van der Waals surface area contributed by atoms with Crippen LogP contribution >= 0.6 is 46.4 Å². The second-order valence-corrected chi connectivity index (χ2v) is 6.43. The molecule has 0 aromatic heterocycles. The Bertz CT molecular complexity index is 294. The van der Waals surface area contributed by atoms with Crippen LogP contribution in [-0.2, 0) is 0 Å². The Kier molecular flexibility index (Phi) is 2.80. The summed E-state index contributed by atoms with van der Waals surface area (Å²) < 4.78 is 0.122. The normalized spacial score (nSPS) is 45.6. The summed E-state index contributed by atoms with van der Waals surface area (Å²) in [5.74, 6) is 0.449. The lowest BCUT2D eigenvalue weighted by atomic mass is 9.90. The van der Waals surface area contributed by atoms with Crippen molar-refractivity contribution >= 4 is 46.4 Å². The molecule has 0 bridgehead atoms. The van der Waals surface area contributed by atoms with Crippen molar-refractivity contribution in [3.05, 3.63) is 9.52 Å². The molecule has 80 valence electrons. The second kappa shape index (κ2) is 3.45. The van der Waals surface area contributed by atoms with Crippen molar-refractivity contribution < 1.29 is 0 Å². The maximum Gasteiger partial charge on any atom is 0.123 e. The molecule has 0 aromatic rings. The second-order valence-electron chi connectivity index (χ2n) is 4.50. The minimum Gasteiger partial charge on any atom is -0.112 e. The minimum atomic E-state index is -0.482. The molecule has 2 aliphatic carbocycles. The van der Waals surface area contributed by atoms with Gasteiger partial charge in [-0.1, -0.05) is 54.6 Å². The summed E-state index contributed by atoms with van der Waals surface area (Å²) in [7, 11) is 0. The Morgan fingerprint density at radius 2 is 1.86 bits per heavy atom. The maximum atomic E-state index is 6.54. The Morgan fingerprint density at radius 1 is 1.21 bits per heavy atom. The Morgan fingerprint density at radius 3 is 2.29 bits per heavy atom. The van der Waals surface area contributed by atoms with Gasteiger partial charge in [-0.25, -0.2) is 0 Å². The van der Waals surface area contributed by atoms with Crippen molar-refractivity contribution in [3.8, 4) is 0 Å². The standard InChI is InChI=1S/C10H12Cl4/c1-9-5-3-2-4-6(9)10(9,14)7(11)8(12)13/h6H,2-5H2,1H3. The van der Waals surface area contributed by atoms with Crippen LogP contribution in [0, 0.1) is 11.3 Å².